The first-order chi connectivity index (χ1) is 9.88. The average Bonchev–Trinajstić information content (AvgIpc) is 2.86. The van der Waals surface area contributed by atoms with Crippen LogP contribution < -0.4 is 5.32 Å². The van der Waals surface area contributed by atoms with Crippen LogP contribution in [0, 0.1) is 12.8 Å². The molecule has 0 spiro atoms. The van der Waals surface area contributed by atoms with Crippen molar-refractivity contribution in [1.82, 2.24) is 9.88 Å². The molecule has 0 saturated carbocycles. The van der Waals surface area contributed by atoms with Crippen LogP contribution in [0.1, 0.15) is 43.4 Å². The van der Waals surface area contributed by atoms with Gasteiger partial charge in [-0.05, 0) is 26.2 Å². The molecule has 0 aliphatic heterocycles. The highest BCUT2D eigenvalue weighted by Crippen LogP contribution is 2.24. The van der Waals surface area contributed by atoms with E-state index in [9.17, 15) is 4.79 Å². The summed E-state index contributed by atoms with van der Waals surface area (Å²) in [5.41, 5.74) is 3.34. The second-order valence-electron chi connectivity index (χ2n) is 6.12. The first-order valence-electron chi connectivity index (χ1n) is 7.40. The number of hydrogen-bond acceptors (Lipinski definition) is 2. The Morgan fingerprint density at radius 1 is 1.43 bits per heavy atom. The van der Waals surface area contributed by atoms with Crippen LogP contribution in [0.2, 0.25) is 0 Å². The Kier molecular flexibility index (Phi) is 4.56. The summed E-state index contributed by atoms with van der Waals surface area (Å²) in [4.78, 5) is 12.4. The maximum absolute atomic E-state index is 12.4. The van der Waals surface area contributed by atoms with Crippen LogP contribution in [0.15, 0.2) is 28.7 Å². The fourth-order valence-electron chi connectivity index (χ4n) is 2.36. The van der Waals surface area contributed by atoms with E-state index in [2.05, 4.69) is 25.7 Å². The van der Waals surface area contributed by atoms with Crippen LogP contribution in [-0.4, -0.2) is 17.0 Å². The minimum Gasteiger partial charge on any atom is -0.460 e. The fraction of sp³-hybridized carbons (Fsp3) is 0.471. The van der Waals surface area contributed by atoms with E-state index in [0.29, 0.717) is 24.7 Å². The van der Waals surface area contributed by atoms with Crippen molar-refractivity contribution in [2.45, 2.75) is 40.7 Å². The van der Waals surface area contributed by atoms with E-state index >= 15 is 0 Å². The number of nitrogens with zero attached hydrogens (tertiary/aromatic N) is 1. The molecular weight excluding hydrogens is 264 g/mol. The molecule has 0 unspecified atom stereocenters. The SMILES string of the molecule is C=C(C)Cn1c(C(=O)NCCC(C)C)cc2oc(C)cc21. The number of carbonyl (C=O) groups is 1. The highest BCUT2D eigenvalue weighted by Gasteiger charge is 2.18. The monoisotopic (exact) mass is 288 g/mol. The predicted molar refractivity (Wildman–Crippen MR) is 85.5 cm³/mol. The summed E-state index contributed by atoms with van der Waals surface area (Å²) in [5, 5.41) is 2.98. The number of fused-ring (bicyclic) bond motifs is 1. The van der Waals surface area contributed by atoms with Gasteiger partial charge in [0, 0.05) is 25.2 Å². The van der Waals surface area contributed by atoms with Gasteiger partial charge < -0.3 is 14.3 Å². The summed E-state index contributed by atoms with van der Waals surface area (Å²) in [6.07, 6.45) is 0.974. The smallest absolute Gasteiger partial charge is 0.268 e. The van der Waals surface area contributed by atoms with Gasteiger partial charge in [-0.25, -0.2) is 0 Å². The predicted octanol–water partition coefficient (Wildman–Crippen LogP) is 3.89. The van der Waals surface area contributed by atoms with Gasteiger partial charge in [0.05, 0.1) is 5.52 Å². The number of hydrogen-bond donors (Lipinski definition) is 1. The molecule has 21 heavy (non-hydrogen) atoms. The van der Waals surface area contributed by atoms with Crippen LogP contribution in [0.25, 0.3) is 11.1 Å². The second-order valence-corrected chi connectivity index (χ2v) is 6.12. The largest absolute Gasteiger partial charge is 0.460 e. The molecule has 1 amide bonds. The first kappa shape index (κ1) is 15.4. The number of nitrogens with one attached hydrogen (secondary N) is 1. The third-order valence-corrected chi connectivity index (χ3v) is 3.38. The number of aromatic nitrogens is 1. The molecule has 0 radical (unpaired) electrons. The maximum atomic E-state index is 12.4. The molecule has 0 aliphatic rings. The topological polar surface area (TPSA) is 47.2 Å². The van der Waals surface area contributed by atoms with E-state index in [1.807, 2.05) is 30.5 Å². The summed E-state index contributed by atoms with van der Waals surface area (Å²) in [7, 11) is 0. The van der Waals surface area contributed by atoms with Gasteiger partial charge in [0.25, 0.3) is 5.91 Å². The van der Waals surface area contributed by atoms with Crippen molar-refractivity contribution in [3.8, 4) is 0 Å². The summed E-state index contributed by atoms with van der Waals surface area (Å²) in [6, 6.07) is 3.78. The minimum atomic E-state index is -0.0547. The number of aryl methyl sites for hydroxylation is 1. The van der Waals surface area contributed by atoms with Crippen molar-refractivity contribution >= 4 is 17.0 Å². The van der Waals surface area contributed by atoms with Crippen molar-refractivity contribution in [1.29, 1.82) is 0 Å². The van der Waals surface area contributed by atoms with Crippen LogP contribution in [0.5, 0.6) is 0 Å². The molecule has 0 saturated heterocycles. The lowest BCUT2D eigenvalue weighted by Crippen LogP contribution is -2.27. The van der Waals surface area contributed by atoms with E-state index in [4.69, 9.17) is 4.42 Å². The van der Waals surface area contributed by atoms with Gasteiger partial charge in [-0.3, -0.25) is 4.79 Å². The molecule has 0 fully saturated rings. The van der Waals surface area contributed by atoms with Crippen LogP contribution >= 0.6 is 0 Å². The average molecular weight is 288 g/mol. The third-order valence-electron chi connectivity index (χ3n) is 3.38. The highest BCUT2D eigenvalue weighted by atomic mass is 16.3. The molecule has 2 rings (SSSR count). The third kappa shape index (κ3) is 3.57. The van der Waals surface area contributed by atoms with Gasteiger partial charge in [0.15, 0.2) is 5.58 Å². The molecule has 2 aromatic heterocycles. The summed E-state index contributed by atoms with van der Waals surface area (Å²) in [6.45, 7) is 13.4. The van der Waals surface area contributed by atoms with Gasteiger partial charge in [-0.15, -0.1) is 0 Å². The molecule has 0 atom stereocenters. The van der Waals surface area contributed by atoms with Crippen molar-refractivity contribution < 1.29 is 9.21 Å². The standard InChI is InChI=1S/C17H24N2O2/c1-11(2)6-7-18-17(20)15-9-16-14(8-13(5)21-16)19(15)10-12(3)4/h8-9,11H,3,6-7,10H2,1-2,4-5H3,(H,18,20). The molecule has 0 bridgehead atoms. The Morgan fingerprint density at radius 2 is 2.14 bits per heavy atom. The van der Waals surface area contributed by atoms with Gasteiger partial charge in [0.1, 0.15) is 11.5 Å². The Hall–Kier alpha value is -1.97. The molecule has 0 aromatic carbocycles. The zero-order valence-corrected chi connectivity index (χ0v) is 13.3. The second kappa shape index (κ2) is 6.20. The van der Waals surface area contributed by atoms with E-state index < -0.39 is 0 Å². The molecule has 4 nitrogen and oxygen atoms in total. The van der Waals surface area contributed by atoms with Gasteiger partial charge >= 0.3 is 0 Å². The Bertz CT molecular complexity index is 662. The van der Waals surface area contributed by atoms with E-state index in [1.54, 1.807) is 0 Å². The fourth-order valence-corrected chi connectivity index (χ4v) is 2.36. The Balaban J connectivity index is 2.27. The van der Waals surface area contributed by atoms with Gasteiger partial charge in [-0.1, -0.05) is 26.0 Å². The van der Waals surface area contributed by atoms with Gasteiger partial charge in [-0.2, -0.15) is 0 Å². The van der Waals surface area contributed by atoms with E-state index in [0.717, 1.165) is 28.9 Å². The quantitative estimate of drug-likeness (QED) is 0.820. The van der Waals surface area contributed by atoms with E-state index in [1.165, 1.54) is 0 Å². The minimum absolute atomic E-state index is 0.0547. The van der Waals surface area contributed by atoms with Crippen LogP contribution in [-0.2, 0) is 6.54 Å². The molecule has 1 N–H and O–H groups in total. The summed E-state index contributed by atoms with van der Waals surface area (Å²) < 4.78 is 7.60. The lowest BCUT2D eigenvalue weighted by Gasteiger charge is -2.11. The number of carbonyl (C=O) groups excluding carboxylic acids is 1. The van der Waals surface area contributed by atoms with Crippen molar-refractivity contribution in [2.24, 2.45) is 5.92 Å². The summed E-state index contributed by atoms with van der Waals surface area (Å²) >= 11 is 0. The number of furan rings is 1. The van der Waals surface area contributed by atoms with Gasteiger partial charge in [0.2, 0.25) is 0 Å². The lowest BCUT2D eigenvalue weighted by molar-refractivity contribution is 0.0943. The van der Waals surface area contributed by atoms with Crippen molar-refractivity contribution in [2.75, 3.05) is 6.54 Å². The Labute approximate surface area is 125 Å². The zero-order valence-electron chi connectivity index (χ0n) is 13.3. The molecule has 114 valence electrons. The lowest BCUT2D eigenvalue weighted by atomic mass is 10.1. The van der Waals surface area contributed by atoms with Crippen LogP contribution in [0.3, 0.4) is 0 Å². The normalized spacial score (nSPS) is 11.3. The molecular formula is C17H24N2O2. The van der Waals surface area contributed by atoms with Crippen molar-refractivity contribution in [3.63, 3.8) is 0 Å². The van der Waals surface area contributed by atoms with E-state index in [-0.39, 0.29) is 5.91 Å². The summed E-state index contributed by atoms with van der Waals surface area (Å²) in [5.74, 6) is 1.37. The molecule has 0 aliphatic carbocycles. The van der Waals surface area contributed by atoms with Crippen LogP contribution in [0.4, 0.5) is 0 Å². The van der Waals surface area contributed by atoms with Crippen molar-refractivity contribution in [3.05, 3.63) is 35.7 Å². The molecule has 2 aromatic rings. The number of rotatable bonds is 6. The number of allylic oxidation sites excluding steroid dienone is 1. The number of amides is 1. The maximum Gasteiger partial charge on any atom is 0.268 e. The molecule has 2 heterocycles. The Morgan fingerprint density at radius 3 is 2.76 bits per heavy atom. The first-order valence-corrected chi connectivity index (χ1v) is 7.40. The molecule has 4 heteroatoms. The zero-order chi connectivity index (χ0) is 15.6. The highest BCUT2D eigenvalue weighted by molar-refractivity contribution is 5.97.